The van der Waals surface area contributed by atoms with E-state index in [1.54, 1.807) is 16.6 Å². The van der Waals surface area contributed by atoms with Crippen LogP contribution in [0.1, 0.15) is 18.4 Å². The smallest absolute Gasteiger partial charge is 0.235 e. The summed E-state index contributed by atoms with van der Waals surface area (Å²) >= 11 is 1.40. The molecule has 0 saturated carbocycles. The second kappa shape index (κ2) is 5.24. The van der Waals surface area contributed by atoms with Crippen molar-refractivity contribution in [3.05, 3.63) is 41.5 Å². The van der Waals surface area contributed by atoms with Crippen LogP contribution in [0.2, 0.25) is 0 Å². The Bertz CT molecular complexity index is 1000. The van der Waals surface area contributed by atoms with E-state index in [9.17, 15) is 4.39 Å². The topological polar surface area (TPSA) is 69.1 Å². The van der Waals surface area contributed by atoms with Crippen LogP contribution in [0.3, 0.4) is 0 Å². The van der Waals surface area contributed by atoms with E-state index in [4.69, 9.17) is 4.52 Å². The zero-order chi connectivity index (χ0) is 16.0. The highest BCUT2D eigenvalue weighted by Gasteiger charge is 2.20. The highest BCUT2D eigenvalue weighted by molar-refractivity contribution is 7.19. The number of fused-ring (bicyclic) bond motifs is 1. The Kier molecular flexibility index (Phi) is 3.19. The highest BCUT2D eigenvalue weighted by atomic mass is 32.1. The number of hydrogen-bond donors (Lipinski definition) is 0. The number of benzene rings is 1. The lowest BCUT2D eigenvalue weighted by atomic mass is 10.2. The lowest BCUT2D eigenvalue weighted by Gasteiger charge is -1.97. The Morgan fingerprint density at radius 3 is 2.96 bits per heavy atom. The molecule has 0 aliphatic carbocycles. The Morgan fingerprint density at radius 2 is 2.17 bits per heavy atom. The number of aryl methyl sites for hydroxylation is 2. The van der Waals surface area contributed by atoms with Crippen molar-refractivity contribution in [1.82, 2.24) is 25.0 Å². The van der Waals surface area contributed by atoms with Gasteiger partial charge in [0, 0.05) is 5.56 Å². The number of nitrogens with zero attached hydrogens (tertiary/aromatic N) is 5. The molecule has 0 saturated heterocycles. The third-order valence-electron chi connectivity index (χ3n) is 3.56. The van der Waals surface area contributed by atoms with Gasteiger partial charge < -0.3 is 4.52 Å². The van der Waals surface area contributed by atoms with Gasteiger partial charge >= 0.3 is 0 Å². The molecular weight excluding hydrogens is 317 g/mol. The largest absolute Gasteiger partial charge is 0.361 e. The third-order valence-corrected chi connectivity index (χ3v) is 4.47. The van der Waals surface area contributed by atoms with E-state index < -0.39 is 0 Å². The minimum atomic E-state index is -0.321. The zero-order valence-electron chi connectivity index (χ0n) is 12.4. The summed E-state index contributed by atoms with van der Waals surface area (Å²) in [5.74, 6) is 0.908. The normalized spacial score (nSPS) is 11.4. The molecule has 0 spiro atoms. The number of aromatic nitrogens is 5. The lowest BCUT2D eigenvalue weighted by Crippen LogP contribution is -1.92. The average Bonchev–Trinajstić information content (AvgIpc) is 3.19. The summed E-state index contributed by atoms with van der Waals surface area (Å²) in [5, 5.41) is 17.6. The number of rotatable bonds is 3. The maximum Gasteiger partial charge on any atom is 0.235 e. The average molecular weight is 329 g/mol. The van der Waals surface area contributed by atoms with Gasteiger partial charge in [0.2, 0.25) is 4.96 Å². The van der Waals surface area contributed by atoms with Crippen molar-refractivity contribution < 1.29 is 8.91 Å². The van der Waals surface area contributed by atoms with E-state index in [1.165, 1.54) is 23.5 Å². The van der Waals surface area contributed by atoms with Crippen LogP contribution in [0.15, 0.2) is 28.8 Å². The second-order valence-electron chi connectivity index (χ2n) is 5.05. The van der Waals surface area contributed by atoms with E-state index >= 15 is 0 Å². The molecule has 0 aliphatic heterocycles. The molecule has 0 unspecified atom stereocenters. The van der Waals surface area contributed by atoms with Gasteiger partial charge in [-0.1, -0.05) is 35.5 Å². The monoisotopic (exact) mass is 329 g/mol. The Hall–Kier alpha value is -2.61. The summed E-state index contributed by atoms with van der Waals surface area (Å²) in [5.41, 5.74) is 2.39. The van der Waals surface area contributed by atoms with Crippen LogP contribution in [0.25, 0.3) is 26.9 Å². The molecule has 0 bridgehead atoms. The quantitative estimate of drug-likeness (QED) is 0.575. The summed E-state index contributed by atoms with van der Waals surface area (Å²) in [4.78, 5) is 0.641. The van der Waals surface area contributed by atoms with E-state index in [0.29, 0.717) is 16.3 Å². The van der Waals surface area contributed by atoms with Crippen LogP contribution in [0.5, 0.6) is 0 Å². The molecule has 0 atom stereocenters. The minimum Gasteiger partial charge on any atom is -0.361 e. The van der Waals surface area contributed by atoms with Crippen LogP contribution >= 0.6 is 11.3 Å². The van der Waals surface area contributed by atoms with Crippen molar-refractivity contribution in [3.8, 4) is 22.0 Å². The zero-order valence-corrected chi connectivity index (χ0v) is 13.3. The molecule has 0 amide bonds. The molecule has 0 radical (unpaired) electrons. The van der Waals surface area contributed by atoms with E-state index in [2.05, 4.69) is 20.5 Å². The fourth-order valence-corrected chi connectivity index (χ4v) is 3.41. The van der Waals surface area contributed by atoms with Gasteiger partial charge in [-0.15, -0.1) is 10.2 Å². The summed E-state index contributed by atoms with van der Waals surface area (Å²) in [7, 11) is 0. The minimum absolute atomic E-state index is 0.321. The molecule has 0 fully saturated rings. The molecule has 1 aromatic carbocycles. The molecule has 0 N–H and O–H groups in total. The summed E-state index contributed by atoms with van der Waals surface area (Å²) in [6, 6.07) is 6.22. The fourth-order valence-electron chi connectivity index (χ4n) is 2.46. The van der Waals surface area contributed by atoms with Gasteiger partial charge in [-0.2, -0.15) is 9.61 Å². The van der Waals surface area contributed by atoms with Crippen molar-refractivity contribution in [2.45, 2.75) is 20.3 Å². The van der Waals surface area contributed by atoms with Crippen molar-refractivity contribution >= 4 is 16.3 Å². The lowest BCUT2D eigenvalue weighted by molar-refractivity contribution is 0.391. The SMILES string of the molecule is CCc1noc(C)c1-c1nn2c(-c3cccc(F)c3)nnc2s1. The van der Waals surface area contributed by atoms with Gasteiger partial charge in [-0.3, -0.25) is 0 Å². The van der Waals surface area contributed by atoms with Gasteiger partial charge in [0.05, 0.1) is 11.3 Å². The maximum absolute atomic E-state index is 13.4. The predicted octanol–water partition coefficient (Wildman–Crippen LogP) is 3.52. The van der Waals surface area contributed by atoms with E-state index in [1.807, 2.05) is 13.8 Å². The van der Waals surface area contributed by atoms with Gasteiger partial charge in [-0.05, 0) is 25.5 Å². The molecule has 3 heterocycles. The van der Waals surface area contributed by atoms with Crippen LogP contribution in [0, 0.1) is 12.7 Å². The van der Waals surface area contributed by atoms with Crippen LogP contribution < -0.4 is 0 Å². The standard InChI is InChI=1S/C15H12FN5OS/c1-3-11-12(8(2)22-20-11)14-19-21-13(17-18-15(21)23-14)9-5-4-6-10(16)7-9/h4-7H,3H2,1-2H3. The molecule has 0 aliphatic rings. The molecule has 6 nitrogen and oxygen atoms in total. The predicted molar refractivity (Wildman–Crippen MR) is 83.7 cm³/mol. The molecule has 23 heavy (non-hydrogen) atoms. The summed E-state index contributed by atoms with van der Waals surface area (Å²) in [6.07, 6.45) is 0.754. The van der Waals surface area contributed by atoms with E-state index in [-0.39, 0.29) is 5.82 Å². The Balaban J connectivity index is 1.88. The van der Waals surface area contributed by atoms with Gasteiger partial charge in [0.15, 0.2) is 10.8 Å². The molecule has 4 aromatic rings. The molecule has 3 aromatic heterocycles. The second-order valence-corrected chi connectivity index (χ2v) is 6.01. The van der Waals surface area contributed by atoms with Gasteiger partial charge in [0.1, 0.15) is 11.6 Å². The first-order valence-corrected chi connectivity index (χ1v) is 7.92. The van der Waals surface area contributed by atoms with Gasteiger partial charge in [0.25, 0.3) is 0 Å². The van der Waals surface area contributed by atoms with Crippen LogP contribution in [-0.4, -0.2) is 25.0 Å². The first kappa shape index (κ1) is 14.0. The van der Waals surface area contributed by atoms with Crippen molar-refractivity contribution in [1.29, 1.82) is 0 Å². The summed E-state index contributed by atoms with van der Waals surface area (Å²) < 4.78 is 20.3. The van der Waals surface area contributed by atoms with Gasteiger partial charge in [-0.25, -0.2) is 4.39 Å². The van der Waals surface area contributed by atoms with Crippen molar-refractivity contribution in [2.24, 2.45) is 0 Å². The van der Waals surface area contributed by atoms with E-state index in [0.717, 1.165) is 28.4 Å². The fraction of sp³-hybridized carbons (Fsp3) is 0.200. The molecule has 8 heteroatoms. The summed E-state index contributed by atoms with van der Waals surface area (Å²) in [6.45, 7) is 3.87. The van der Waals surface area contributed by atoms with Crippen molar-refractivity contribution in [2.75, 3.05) is 0 Å². The molecular formula is C15H12FN5OS. The Labute approximate surface area is 134 Å². The first-order chi connectivity index (χ1) is 11.2. The first-order valence-electron chi connectivity index (χ1n) is 7.11. The number of hydrogen-bond acceptors (Lipinski definition) is 6. The molecule has 116 valence electrons. The Morgan fingerprint density at radius 1 is 1.30 bits per heavy atom. The van der Waals surface area contributed by atoms with Crippen LogP contribution in [0.4, 0.5) is 4.39 Å². The molecule has 4 rings (SSSR count). The van der Waals surface area contributed by atoms with Crippen LogP contribution in [-0.2, 0) is 6.42 Å². The highest BCUT2D eigenvalue weighted by Crippen LogP contribution is 2.32. The maximum atomic E-state index is 13.4. The number of halogens is 1. The third kappa shape index (κ3) is 2.22. The van der Waals surface area contributed by atoms with Crippen molar-refractivity contribution in [3.63, 3.8) is 0 Å².